The molecule has 0 fully saturated rings. The third-order valence-corrected chi connectivity index (χ3v) is 6.65. The van der Waals surface area contributed by atoms with Gasteiger partial charge in [-0.1, -0.05) is 25.5 Å². The molecule has 0 aliphatic carbocycles. The average molecular weight is 397 g/mol. The first-order chi connectivity index (χ1) is 12.1. The highest BCUT2D eigenvalue weighted by atomic mass is 32.2. The minimum Gasteiger partial charge on any atom is -0.280 e. The number of hydrogen-bond acceptors (Lipinski definition) is 4. The molecule has 2 aromatic carbocycles. The number of nitrogens with one attached hydrogen (secondary N) is 2. The highest BCUT2D eigenvalue weighted by Gasteiger charge is 2.17. The van der Waals surface area contributed by atoms with Gasteiger partial charge in [0.2, 0.25) is 10.0 Å². The van der Waals surface area contributed by atoms with Gasteiger partial charge in [-0.15, -0.1) is 0 Å². The van der Waals surface area contributed by atoms with E-state index in [0.29, 0.717) is 5.69 Å². The number of anilines is 1. The third kappa shape index (κ3) is 5.30. The van der Waals surface area contributed by atoms with E-state index in [9.17, 15) is 16.8 Å². The Hall–Kier alpha value is -1.90. The maximum atomic E-state index is 12.5. The van der Waals surface area contributed by atoms with Crippen LogP contribution in [0.15, 0.2) is 58.3 Å². The number of aryl methyl sites for hydroxylation is 1. The summed E-state index contributed by atoms with van der Waals surface area (Å²) in [5, 5.41) is 0. The fourth-order valence-electron chi connectivity index (χ4n) is 2.42. The van der Waals surface area contributed by atoms with Gasteiger partial charge in [0, 0.05) is 11.7 Å². The third-order valence-electron chi connectivity index (χ3n) is 3.58. The second-order valence-electron chi connectivity index (χ2n) is 6.30. The summed E-state index contributed by atoms with van der Waals surface area (Å²) >= 11 is 0. The fourth-order valence-corrected chi connectivity index (χ4v) is 4.73. The molecule has 0 saturated heterocycles. The molecular formula is C18H24N2O4S2. The Morgan fingerprint density at radius 2 is 1.31 bits per heavy atom. The van der Waals surface area contributed by atoms with Gasteiger partial charge in [-0.25, -0.2) is 21.6 Å². The van der Waals surface area contributed by atoms with Crippen molar-refractivity contribution in [1.82, 2.24) is 4.72 Å². The van der Waals surface area contributed by atoms with Crippen molar-refractivity contribution >= 4 is 25.7 Å². The zero-order chi connectivity index (χ0) is 19.4. The largest absolute Gasteiger partial charge is 0.280 e. The molecule has 142 valence electrons. The summed E-state index contributed by atoms with van der Waals surface area (Å²) in [6.07, 6.45) is 1.89. The second kappa shape index (κ2) is 8.20. The van der Waals surface area contributed by atoms with Gasteiger partial charge >= 0.3 is 0 Å². The van der Waals surface area contributed by atoms with Crippen LogP contribution in [0.3, 0.4) is 0 Å². The van der Waals surface area contributed by atoms with E-state index < -0.39 is 20.0 Å². The van der Waals surface area contributed by atoms with Gasteiger partial charge in [-0.3, -0.25) is 4.72 Å². The molecule has 6 nitrogen and oxygen atoms in total. The fraction of sp³-hybridized carbons (Fsp3) is 0.333. The van der Waals surface area contributed by atoms with E-state index in [-0.39, 0.29) is 15.8 Å². The number of sulfonamides is 2. The van der Waals surface area contributed by atoms with Crippen LogP contribution in [0.1, 0.15) is 32.8 Å². The molecule has 0 spiro atoms. The SMILES string of the molecule is CCCc1ccc(S(=O)(=O)Nc2ccc(S(=O)(=O)NC(C)C)cc2)cc1. The van der Waals surface area contributed by atoms with Crippen molar-refractivity contribution in [2.24, 2.45) is 0 Å². The Kier molecular flexibility index (Phi) is 6.44. The topological polar surface area (TPSA) is 92.3 Å². The summed E-state index contributed by atoms with van der Waals surface area (Å²) in [6.45, 7) is 5.52. The first-order valence-corrected chi connectivity index (χ1v) is 11.3. The minimum absolute atomic E-state index is 0.0815. The Morgan fingerprint density at radius 3 is 1.81 bits per heavy atom. The standard InChI is InChI=1S/C18H24N2O4S2/c1-4-5-15-6-10-17(11-7-15)26(23,24)20-16-8-12-18(13-9-16)25(21,22)19-14(2)3/h6-14,19-20H,4-5H2,1-3H3. The highest BCUT2D eigenvalue weighted by molar-refractivity contribution is 7.92. The number of hydrogen-bond donors (Lipinski definition) is 2. The quantitative estimate of drug-likeness (QED) is 0.717. The lowest BCUT2D eigenvalue weighted by molar-refractivity contribution is 0.570. The van der Waals surface area contributed by atoms with Gasteiger partial charge in [0.1, 0.15) is 0 Å². The van der Waals surface area contributed by atoms with Crippen molar-refractivity contribution in [2.45, 2.75) is 49.4 Å². The Labute approximate surface area is 155 Å². The summed E-state index contributed by atoms with van der Waals surface area (Å²) < 4.78 is 54.0. The molecule has 0 unspecified atom stereocenters. The van der Waals surface area contributed by atoms with E-state index in [1.807, 2.05) is 0 Å². The predicted molar refractivity (Wildman–Crippen MR) is 103 cm³/mol. The molecule has 0 aliphatic rings. The lowest BCUT2D eigenvalue weighted by Gasteiger charge is -2.11. The molecule has 0 aliphatic heterocycles. The highest BCUT2D eigenvalue weighted by Crippen LogP contribution is 2.19. The summed E-state index contributed by atoms with van der Waals surface area (Å²) in [4.78, 5) is 0.244. The number of rotatable bonds is 8. The molecular weight excluding hydrogens is 372 g/mol. The van der Waals surface area contributed by atoms with Crippen molar-refractivity contribution in [3.05, 3.63) is 54.1 Å². The van der Waals surface area contributed by atoms with Crippen molar-refractivity contribution in [1.29, 1.82) is 0 Å². The average Bonchev–Trinajstić information content (AvgIpc) is 2.54. The van der Waals surface area contributed by atoms with Crippen LogP contribution >= 0.6 is 0 Å². The summed E-state index contributed by atoms with van der Waals surface area (Å²) in [6, 6.07) is 12.1. The predicted octanol–water partition coefficient (Wildman–Crippen LogP) is 3.13. The monoisotopic (exact) mass is 396 g/mol. The maximum absolute atomic E-state index is 12.5. The first kappa shape index (κ1) is 20.4. The minimum atomic E-state index is -3.73. The zero-order valence-corrected chi connectivity index (χ0v) is 16.7. The molecule has 2 N–H and O–H groups in total. The van der Waals surface area contributed by atoms with Crippen molar-refractivity contribution in [3.8, 4) is 0 Å². The van der Waals surface area contributed by atoms with E-state index in [1.165, 1.54) is 24.3 Å². The molecule has 0 aromatic heterocycles. The van der Waals surface area contributed by atoms with Gasteiger partial charge in [0.05, 0.1) is 9.79 Å². The normalized spacial score (nSPS) is 12.3. The van der Waals surface area contributed by atoms with Crippen LogP contribution in [0.5, 0.6) is 0 Å². The number of benzene rings is 2. The van der Waals surface area contributed by atoms with Crippen LogP contribution < -0.4 is 9.44 Å². The van der Waals surface area contributed by atoms with E-state index in [2.05, 4.69) is 16.4 Å². The maximum Gasteiger partial charge on any atom is 0.261 e. The molecule has 2 aromatic rings. The van der Waals surface area contributed by atoms with Crippen LogP contribution in [-0.4, -0.2) is 22.9 Å². The second-order valence-corrected chi connectivity index (χ2v) is 9.70. The molecule has 0 bridgehead atoms. The summed E-state index contributed by atoms with van der Waals surface area (Å²) in [5.41, 5.74) is 1.38. The van der Waals surface area contributed by atoms with Crippen LogP contribution in [0.2, 0.25) is 0 Å². The molecule has 0 atom stereocenters. The van der Waals surface area contributed by atoms with E-state index in [1.54, 1.807) is 38.1 Å². The molecule has 0 saturated carbocycles. The molecule has 8 heteroatoms. The first-order valence-electron chi connectivity index (χ1n) is 8.38. The van der Waals surface area contributed by atoms with Gasteiger partial charge in [-0.05, 0) is 62.2 Å². The van der Waals surface area contributed by atoms with Crippen molar-refractivity contribution in [3.63, 3.8) is 0 Å². The smallest absolute Gasteiger partial charge is 0.261 e. The van der Waals surface area contributed by atoms with Crippen molar-refractivity contribution < 1.29 is 16.8 Å². The van der Waals surface area contributed by atoms with Crippen LogP contribution in [0, 0.1) is 0 Å². The van der Waals surface area contributed by atoms with Gasteiger partial charge in [-0.2, -0.15) is 0 Å². The molecule has 2 rings (SSSR count). The Morgan fingerprint density at radius 1 is 0.808 bits per heavy atom. The van der Waals surface area contributed by atoms with E-state index in [4.69, 9.17) is 0 Å². The van der Waals surface area contributed by atoms with E-state index >= 15 is 0 Å². The Bertz CT molecular complexity index is 934. The summed E-state index contributed by atoms with van der Waals surface area (Å²) in [7, 11) is -7.34. The van der Waals surface area contributed by atoms with Crippen LogP contribution in [0.25, 0.3) is 0 Å². The molecule has 0 amide bonds. The molecule has 0 radical (unpaired) electrons. The van der Waals surface area contributed by atoms with Gasteiger partial charge in [0.15, 0.2) is 0 Å². The molecule has 26 heavy (non-hydrogen) atoms. The van der Waals surface area contributed by atoms with Crippen LogP contribution in [0.4, 0.5) is 5.69 Å². The van der Waals surface area contributed by atoms with Crippen LogP contribution in [-0.2, 0) is 26.5 Å². The summed E-state index contributed by atoms with van der Waals surface area (Å²) in [5.74, 6) is 0. The van der Waals surface area contributed by atoms with E-state index in [0.717, 1.165) is 18.4 Å². The lowest BCUT2D eigenvalue weighted by Crippen LogP contribution is -2.30. The molecule has 0 heterocycles. The zero-order valence-electron chi connectivity index (χ0n) is 15.1. The van der Waals surface area contributed by atoms with Gasteiger partial charge < -0.3 is 0 Å². The lowest BCUT2D eigenvalue weighted by atomic mass is 10.1. The van der Waals surface area contributed by atoms with Gasteiger partial charge in [0.25, 0.3) is 10.0 Å². The van der Waals surface area contributed by atoms with Crippen molar-refractivity contribution in [2.75, 3.05) is 4.72 Å². The Balaban J connectivity index is 2.17.